The van der Waals surface area contributed by atoms with Gasteiger partial charge in [-0.3, -0.25) is 4.79 Å². The maximum absolute atomic E-state index is 13.2. The average Bonchev–Trinajstić information content (AvgIpc) is 2.75. The quantitative estimate of drug-likeness (QED) is 0.603. The van der Waals surface area contributed by atoms with Crippen LogP contribution in [0.5, 0.6) is 0 Å². The van der Waals surface area contributed by atoms with Crippen molar-refractivity contribution in [2.24, 2.45) is 0 Å². The Bertz CT molecular complexity index is 839. The van der Waals surface area contributed by atoms with E-state index < -0.39 is 23.9 Å². The van der Waals surface area contributed by atoms with Gasteiger partial charge in [0, 0.05) is 18.9 Å². The molecule has 0 heterocycles. The van der Waals surface area contributed by atoms with Gasteiger partial charge in [0.2, 0.25) is 0 Å². The first kappa shape index (κ1) is 23.4. The summed E-state index contributed by atoms with van der Waals surface area (Å²) < 4.78 is 12.2. The van der Waals surface area contributed by atoms with Crippen LogP contribution in [0.1, 0.15) is 43.4 Å². The first-order valence-electron chi connectivity index (χ1n) is 10.8. The molecule has 168 valence electrons. The smallest absolute Gasteiger partial charge is 0.252 e. The zero-order valence-electron chi connectivity index (χ0n) is 18.5. The number of ether oxygens (including phenoxy) is 2. The van der Waals surface area contributed by atoms with E-state index in [1.54, 1.807) is 0 Å². The van der Waals surface area contributed by atoms with Crippen LogP contribution in [0.2, 0.25) is 0 Å². The molecule has 4 atom stereocenters. The summed E-state index contributed by atoms with van der Waals surface area (Å²) in [6.45, 7) is 6.26. The molecule has 0 bridgehead atoms. The molecule has 3 N–H and O–H groups in total. The Morgan fingerprint density at radius 1 is 1.03 bits per heavy atom. The van der Waals surface area contributed by atoms with E-state index in [0.717, 1.165) is 16.7 Å². The minimum atomic E-state index is -1.29. The number of aliphatic hydroxyl groups is 2. The summed E-state index contributed by atoms with van der Waals surface area (Å²) in [6, 6.07) is 17.4. The molecule has 3 rings (SSSR count). The minimum Gasteiger partial charge on any atom is -0.390 e. The molecule has 1 aliphatic carbocycles. The van der Waals surface area contributed by atoms with Gasteiger partial charge in [-0.15, -0.1) is 0 Å². The van der Waals surface area contributed by atoms with Gasteiger partial charge in [-0.2, -0.15) is 0 Å². The van der Waals surface area contributed by atoms with Gasteiger partial charge < -0.3 is 25.0 Å². The zero-order valence-corrected chi connectivity index (χ0v) is 18.5. The highest BCUT2D eigenvalue weighted by Gasteiger charge is 2.51. The van der Waals surface area contributed by atoms with Gasteiger partial charge >= 0.3 is 0 Å². The Labute approximate surface area is 184 Å². The third kappa shape index (κ3) is 6.14. The molecule has 0 spiro atoms. The molecule has 1 amide bonds. The maximum Gasteiger partial charge on any atom is 0.252 e. The monoisotopic (exact) mass is 427 g/mol. The van der Waals surface area contributed by atoms with Gasteiger partial charge in [-0.1, -0.05) is 60.2 Å². The summed E-state index contributed by atoms with van der Waals surface area (Å²) in [4.78, 5) is 13.2. The summed E-state index contributed by atoms with van der Waals surface area (Å²) in [6.07, 6.45) is -2.80. The van der Waals surface area contributed by atoms with Crippen LogP contribution >= 0.6 is 0 Å². The standard InChI is InChI=1S/C25H33NO5/c1-17(2)26-24(29)25(31-16-19-7-5-4-6-8-19)13-21(27)23(28)22(14-25)30-15-20-11-9-18(3)10-12-20/h4-12,17,21-23,27-28H,13-16H2,1-3H3,(H,26,29)/t21-,22?,23-,25+/m1/s1. The molecular formula is C25H33NO5. The Morgan fingerprint density at radius 3 is 2.32 bits per heavy atom. The van der Waals surface area contributed by atoms with Crippen LogP contribution in [0.15, 0.2) is 54.6 Å². The number of carbonyl (C=O) groups excluding carboxylic acids is 1. The van der Waals surface area contributed by atoms with Crippen molar-refractivity contribution in [2.45, 2.75) is 76.8 Å². The maximum atomic E-state index is 13.2. The fourth-order valence-electron chi connectivity index (χ4n) is 3.84. The van der Waals surface area contributed by atoms with Crippen molar-refractivity contribution in [3.63, 3.8) is 0 Å². The lowest BCUT2D eigenvalue weighted by molar-refractivity contribution is -0.200. The van der Waals surface area contributed by atoms with Crippen LogP contribution < -0.4 is 5.32 Å². The van der Waals surface area contributed by atoms with Crippen molar-refractivity contribution in [3.05, 3.63) is 71.3 Å². The number of hydrogen-bond acceptors (Lipinski definition) is 5. The average molecular weight is 428 g/mol. The van der Waals surface area contributed by atoms with E-state index in [0.29, 0.717) is 0 Å². The van der Waals surface area contributed by atoms with Crippen molar-refractivity contribution < 1.29 is 24.5 Å². The van der Waals surface area contributed by atoms with E-state index in [1.165, 1.54) is 0 Å². The zero-order chi connectivity index (χ0) is 22.4. The predicted molar refractivity (Wildman–Crippen MR) is 118 cm³/mol. The van der Waals surface area contributed by atoms with E-state index in [4.69, 9.17) is 9.47 Å². The highest BCUT2D eigenvalue weighted by molar-refractivity contribution is 5.85. The molecule has 31 heavy (non-hydrogen) atoms. The van der Waals surface area contributed by atoms with Gasteiger partial charge in [0.1, 0.15) is 6.10 Å². The summed E-state index contributed by atoms with van der Waals surface area (Å²) in [5.41, 5.74) is 1.74. The highest BCUT2D eigenvalue weighted by atomic mass is 16.5. The molecule has 1 saturated carbocycles. The molecule has 6 nitrogen and oxygen atoms in total. The Balaban J connectivity index is 1.78. The van der Waals surface area contributed by atoms with E-state index in [-0.39, 0.29) is 38.0 Å². The normalized spacial score (nSPS) is 26.1. The first-order valence-corrected chi connectivity index (χ1v) is 10.8. The first-order chi connectivity index (χ1) is 14.8. The fraction of sp³-hybridized carbons (Fsp3) is 0.480. The number of rotatable bonds is 8. The van der Waals surface area contributed by atoms with E-state index >= 15 is 0 Å². The molecule has 2 aromatic rings. The lowest BCUT2D eigenvalue weighted by Gasteiger charge is -2.44. The molecule has 1 unspecified atom stereocenters. The number of benzene rings is 2. The fourth-order valence-corrected chi connectivity index (χ4v) is 3.84. The molecule has 6 heteroatoms. The van der Waals surface area contributed by atoms with Gasteiger partial charge in [-0.05, 0) is 31.9 Å². The van der Waals surface area contributed by atoms with E-state index in [2.05, 4.69) is 5.32 Å². The third-order valence-electron chi connectivity index (χ3n) is 5.62. The number of nitrogens with one attached hydrogen (secondary N) is 1. The molecule has 0 aliphatic heterocycles. The van der Waals surface area contributed by atoms with Crippen molar-refractivity contribution >= 4 is 5.91 Å². The number of carbonyl (C=O) groups is 1. The lowest BCUT2D eigenvalue weighted by atomic mass is 9.78. The van der Waals surface area contributed by atoms with Crippen LogP contribution in [0.4, 0.5) is 0 Å². The molecule has 1 aliphatic rings. The van der Waals surface area contributed by atoms with Crippen LogP contribution in [0.3, 0.4) is 0 Å². The minimum absolute atomic E-state index is 0.00391. The van der Waals surface area contributed by atoms with Crippen LogP contribution in [-0.4, -0.2) is 46.1 Å². The summed E-state index contributed by atoms with van der Waals surface area (Å²) in [7, 11) is 0. The Kier molecular flexibility index (Phi) is 7.84. The Morgan fingerprint density at radius 2 is 1.68 bits per heavy atom. The van der Waals surface area contributed by atoms with E-state index in [9.17, 15) is 15.0 Å². The second kappa shape index (κ2) is 10.4. The van der Waals surface area contributed by atoms with E-state index in [1.807, 2.05) is 75.4 Å². The van der Waals surface area contributed by atoms with Crippen molar-refractivity contribution in [2.75, 3.05) is 0 Å². The van der Waals surface area contributed by atoms with Crippen LogP contribution in [-0.2, 0) is 27.5 Å². The topological polar surface area (TPSA) is 88.0 Å². The summed E-state index contributed by atoms with van der Waals surface area (Å²) >= 11 is 0. The summed E-state index contributed by atoms with van der Waals surface area (Å²) in [5, 5.41) is 24.1. The highest BCUT2D eigenvalue weighted by Crippen LogP contribution is 2.35. The lowest BCUT2D eigenvalue weighted by Crippen LogP contribution is -2.61. The van der Waals surface area contributed by atoms with Crippen LogP contribution in [0, 0.1) is 6.92 Å². The molecule has 2 aromatic carbocycles. The van der Waals surface area contributed by atoms with Gasteiger partial charge in [0.05, 0.1) is 25.4 Å². The number of hydrogen-bond donors (Lipinski definition) is 3. The number of aliphatic hydroxyl groups excluding tert-OH is 2. The van der Waals surface area contributed by atoms with Gasteiger partial charge in [0.15, 0.2) is 5.60 Å². The number of aryl methyl sites for hydroxylation is 1. The SMILES string of the molecule is Cc1ccc(COC2C[C@](OCc3ccccc3)(C(=O)NC(C)C)C[C@@H](O)[C@H]2O)cc1. The van der Waals surface area contributed by atoms with Crippen molar-refractivity contribution in [1.82, 2.24) is 5.32 Å². The number of amides is 1. The largest absolute Gasteiger partial charge is 0.390 e. The predicted octanol–water partition coefficient (Wildman–Crippen LogP) is 2.88. The molecule has 0 saturated heterocycles. The second-order valence-electron chi connectivity index (χ2n) is 8.70. The van der Waals surface area contributed by atoms with Gasteiger partial charge in [0.25, 0.3) is 5.91 Å². The molecular weight excluding hydrogens is 394 g/mol. The van der Waals surface area contributed by atoms with Crippen molar-refractivity contribution in [3.8, 4) is 0 Å². The third-order valence-corrected chi connectivity index (χ3v) is 5.62. The Hall–Kier alpha value is -2.25. The second-order valence-corrected chi connectivity index (χ2v) is 8.70. The summed E-state index contributed by atoms with van der Waals surface area (Å²) in [5.74, 6) is -0.298. The molecule has 1 fully saturated rings. The molecule has 0 aromatic heterocycles. The van der Waals surface area contributed by atoms with Gasteiger partial charge in [-0.25, -0.2) is 0 Å². The molecule has 0 radical (unpaired) electrons. The van der Waals surface area contributed by atoms with Crippen LogP contribution in [0.25, 0.3) is 0 Å². The van der Waals surface area contributed by atoms with Crippen molar-refractivity contribution in [1.29, 1.82) is 0 Å².